The minimum atomic E-state index is -0.218. The molecular weight excluding hydrogens is 482 g/mol. The van der Waals surface area contributed by atoms with Crippen molar-refractivity contribution in [2.75, 3.05) is 18.4 Å². The van der Waals surface area contributed by atoms with Gasteiger partial charge in [0.1, 0.15) is 5.69 Å². The number of hydrogen-bond acceptors (Lipinski definition) is 5. The number of aromatic nitrogens is 3. The number of nitrogens with zero attached hydrogens (tertiary/aromatic N) is 3. The third kappa shape index (κ3) is 4.72. The van der Waals surface area contributed by atoms with Crippen LogP contribution in [-0.4, -0.2) is 44.8 Å². The largest absolute Gasteiger partial charge is 0.361 e. The number of thiazole rings is 1. The van der Waals surface area contributed by atoms with Gasteiger partial charge in [-0.1, -0.05) is 36.4 Å². The van der Waals surface area contributed by atoms with Gasteiger partial charge in [0, 0.05) is 52.6 Å². The number of H-pyrrole nitrogens is 1. The minimum absolute atomic E-state index is 0.155. The molecule has 0 radical (unpaired) electrons. The zero-order valence-electron chi connectivity index (χ0n) is 20.5. The van der Waals surface area contributed by atoms with E-state index in [-0.39, 0.29) is 17.7 Å². The van der Waals surface area contributed by atoms with Crippen molar-refractivity contribution in [2.24, 2.45) is 0 Å². The number of fused-ring (bicyclic) bond motifs is 2. The monoisotopic (exact) mass is 509 g/mol. The molecule has 1 aliphatic heterocycles. The molecule has 2 amide bonds. The number of benzene rings is 2. The van der Waals surface area contributed by atoms with E-state index in [0.29, 0.717) is 25.2 Å². The number of amides is 2. The van der Waals surface area contributed by atoms with Gasteiger partial charge in [0.15, 0.2) is 0 Å². The standard InChI is InChI=1S/C29H27N5O2S/c1-18-14-25(22-7-3-5-9-24(22)31-18)32-28(36)26-17-37-29(33-26)19-10-12-34(13-11-19)27(35)15-20-16-30-23-8-4-2-6-21(20)23/h2-9,14,16-17,19,30H,10-13,15H2,1H3,(H,31,32,36). The lowest BCUT2D eigenvalue weighted by Gasteiger charge is -2.31. The van der Waals surface area contributed by atoms with Gasteiger partial charge in [0.25, 0.3) is 5.91 Å². The normalized spacial score (nSPS) is 14.4. The van der Waals surface area contributed by atoms with Gasteiger partial charge in [0.05, 0.1) is 22.6 Å². The number of rotatable bonds is 5. The van der Waals surface area contributed by atoms with Crippen molar-refractivity contribution < 1.29 is 9.59 Å². The second-order valence-electron chi connectivity index (χ2n) is 9.54. The topological polar surface area (TPSA) is 91.0 Å². The molecule has 37 heavy (non-hydrogen) atoms. The zero-order chi connectivity index (χ0) is 25.4. The van der Waals surface area contributed by atoms with E-state index in [2.05, 4.69) is 26.3 Å². The summed E-state index contributed by atoms with van der Waals surface area (Å²) < 4.78 is 0. The Morgan fingerprint density at radius 1 is 1.05 bits per heavy atom. The second kappa shape index (κ2) is 9.78. The van der Waals surface area contributed by atoms with E-state index in [9.17, 15) is 9.59 Å². The van der Waals surface area contributed by atoms with Gasteiger partial charge in [-0.15, -0.1) is 11.3 Å². The molecule has 186 valence electrons. The quantitative estimate of drug-likeness (QED) is 0.319. The Labute approximate surface area is 218 Å². The van der Waals surface area contributed by atoms with Gasteiger partial charge in [-0.25, -0.2) is 4.98 Å². The SMILES string of the molecule is Cc1cc(NC(=O)c2csc(C3CCN(C(=O)Cc4c[nH]c5ccccc45)CC3)n2)c2ccccc2n1. The number of aryl methyl sites for hydroxylation is 1. The first-order valence-electron chi connectivity index (χ1n) is 12.5. The summed E-state index contributed by atoms with van der Waals surface area (Å²) >= 11 is 1.52. The average molecular weight is 510 g/mol. The maximum atomic E-state index is 13.0. The molecule has 0 aliphatic carbocycles. The first-order valence-corrected chi connectivity index (χ1v) is 13.4. The zero-order valence-corrected chi connectivity index (χ0v) is 21.3. The van der Waals surface area contributed by atoms with E-state index < -0.39 is 0 Å². The van der Waals surface area contributed by atoms with Crippen LogP contribution in [0.4, 0.5) is 5.69 Å². The van der Waals surface area contributed by atoms with Gasteiger partial charge in [-0.3, -0.25) is 14.6 Å². The molecule has 0 spiro atoms. The van der Waals surface area contributed by atoms with E-state index in [1.165, 1.54) is 11.3 Å². The number of nitrogens with one attached hydrogen (secondary N) is 2. The van der Waals surface area contributed by atoms with E-state index >= 15 is 0 Å². The molecule has 0 atom stereocenters. The Morgan fingerprint density at radius 3 is 2.65 bits per heavy atom. The van der Waals surface area contributed by atoms with E-state index in [0.717, 1.165) is 56.6 Å². The molecule has 4 heterocycles. The number of piperidine rings is 1. The first-order chi connectivity index (χ1) is 18.0. The Morgan fingerprint density at radius 2 is 1.81 bits per heavy atom. The van der Waals surface area contributed by atoms with Crippen LogP contribution in [0, 0.1) is 6.92 Å². The lowest BCUT2D eigenvalue weighted by Crippen LogP contribution is -2.38. The fourth-order valence-electron chi connectivity index (χ4n) is 5.11. The van der Waals surface area contributed by atoms with Crippen LogP contribution in [0.2, 0.25) is 0 Å². The van der Waals surface area contributed by atoms with Crippen molar-refractivity contribution in [1.29, 1.82) is 0 Å². The second-order valence-corrected chi connectivity index (χ2v) is 10.4. The molecule has 2 N–H and O–H groups in total. The van der Waals surface area contributed by atoms with Crippen LogP contribution in [0.3, 0.4) is 0 Å². The van der Waals surface area contributed by atoms with Crippen LogP contribution in [0.5, 0.6) is 0 Å². The van der Waals surface area contributed by atoms with Gasteiger partial charge in [-0.2, -0.15) is 0 Å². The summed E-state index contributed by atoms with van der Waals surface area (Å²) in [5, 5.41) is 7.83. The van der Waals surface area contributed by atoms with Crippen molar-refractivity contribution >= 4 is 50.6 Å². The number of hydrogen-bond donors (Lipinski definition) is 2. The van der Waals surface area contributed by atoms with Crippen molar-refractivity contribution in [2.45, 2.75) is 32.1 Å². The predicted octanol–water partition coefficient (Wildman–Crippen LogP) is 5.68. The summed E-state index contributed by atoms with van der Waals surface area (Å²) in [4.78, 5) is 40.4. The van der Waals surface area contributed by atoms with E-state index in [1.54, 1.807) is 0 Å². The fourth-order valence-corrected chi connectivity index (χ4v) is 6.08. The molecule has 8 heteroatoms. The highest BCUT2D eigenvalue weighted by molar-refractivity contribution is 7.10. The highest BCUT2D eigenvalue weighted by atomic mass is 32.1. The fraction of sp³-hybridized carbons (Fsp3) is 0.241. The number of para-hydroxylation sites is 2. The molecule has 7 nitrogen and oxygen atoms in total. The summed E-state index contributed by atoms with van der Waals surface area (Å²) in [5.74, 6) is 0.194. The molecule has 1 saturated heterocycles. The van der Waals surface area contributed by atoms with Gasteiger partial charge >= 0.3 is 0 Å². The molecule has 0 unspecified atom stereocenters. The Balaban J connectivity index is 1.08. The number of anilines is 1. The van der Waals surface area contributed by atoms with Gasteiger partial charge in [0.2, 0.25) is 5.91 Å². The maximum Gasteiger partial charge on any atom is 0.275 e. The number of likely N-dealkylation sites (tertiary alicyclic amines) is 1. The number of carbonyl (C=O) groups excluding carboxylic acids is 2. The molecule has 0 bridgehead atoms. The molecule has 6 rings (SSSR count). The molecule has 3 aromatic heterocycles. The third-order valence-electron chi connectivity index (χ3n) is 7.06. The average Bonchev–Trinajstić information content (AvgIpc) is 3.57. The Hall–Kier alpha value is -4.04. The van der Waals surface area contributed by atoms with Crippen LogP contribution in [-0.2, 0) is 11.2 Å². The molecule has 5 aromatic rings. The summed E-state index contributed by atoms with van der Waals surface area (Å²) in [6.07, 6.45) is 4.04. The third-order valence-corrected chi connectivity index (χ3v) is 8.07. The Kier molecular flexibility index (Phi) is 6.18. The van der Waals surface area contributed by atoms with Crippen LogP contribution in [0.1, 0.15) is 45.5 Å². The summed E-state index contributed by atoms with van der Waals surface area (Å²) in [6, 6.07) is 17.7. The highest BCUT2D eigenvalue weighted by Gasteiger charge is 2.27. The molecular formula is C29H27N5O2S. The number of aromatic amines is 1. The summed E-state index contributed by atoms with van der Waals surface area (Å²) in [5.41, 5.74) is 4.96. The minimum Gasteiger partial charge on any atom is -0.361 e. The molecule has 2 aromatic carbocycles. The van der Waals surface area contributed by atoms with Crippen molar-refractivity contribution in [3.63, 3.8) is 0 Å². The summed E-state index contributed by atoms with van der Waals surface area (Å²) in [6.45, 7) is 3.32. The molecule has 1 aliphatic rings. The lowest BCUT2D eigenvalue weighted by molar-refractivity contribution is -0.131. The first kappa shape index (κ1) is 23.4. The van der Waals surface area contributed by atoms with Gasteiger partial charge < -0.3 is 15.2 Å². The van der Waals surface area contributed by atoms with Crippen LogP contribution >= 0.6 is 11.3 Å². The highest BCUT2D eigenvalue weighted by Crippen LogP contribution is 2.31. The van der Waals surface area contributed by atoms with Crippen molar-refractivity contribution in [1.82, 2.24) is 19.9 Å². The van der Waals surface area contributed by atoms with Crippen LogP contribution < -0.4 is 5.32 Å². The smallest absolute Gasteiger partial charge is 0.275 e. The predicted molar refractivity (Wildman–Crippen MR) is 147 cm³/mol. The van der Waals surface area contributed by atoms with Gasteiger partial charge in [-0.05, 0) is 43.5 Å². The van der Waals surface area contributed by atoms with Crippen molar-refractivity contribution in [3.05, 3.63) is 88.1 Å². The molecule has 1 fully saturated rings. The maximum absolute atomic E-state index is 13.0. The molecule has 0 saturated carbocycles. The number of carbonyl (C=O) groups is 2. The van der Waals surface area contributed by atoms with E-state index in [4.69, 9.17) is 0 Å². The summed E-state index contributed by atoms with van der Waals surface area (Å²) in [7, 11) is 0. The Bertz CT molecular complexity index is 1610. The van der Waals surface area contributed by atoms with Crippen LogP contribution in [0.25, 0.3) is 21.8 Å². The number of pyridine rings is 1. The van der Waals surface area contributed by atoms with Crippen LogP contribution in [0.15, 0.2) is 66.2 Å². The lowest BCUT2D eigenvalue weighted by atomic mass is 9.97. The van der Waals surface area contributed by atoms with Crippen molar-refractivity contribution in [3.8, 4) is 0 Å². The van der Waals surface area contributed by atoms with E-state index in [1.807, 2.05) is 71.9 Å².